The monoisotopic (exact) mass is 540 g/mol. The number of nitrogens with zero attached hydrogens (tertiary/aromatic N) is 2. The highest BCUT2D eigenvalue weighted by Gasteiger charge is 2.39. The van der Waals surface area contributed by atoms with Crippen LogP contribution in [-0.2, 0) is 22.4 Å². The van der Waals surface area contributed by atoms with Crippen LogP contribution < -0.4 is 15.4 Å². The SMILES string of the molecule is CN1C(=O)c2cc(NC(=O)c3ccccn3)ccc2OC[C@@H]2O[C@H](CC(=O)NC3Cc4ccccc4C3)CC[C@@H]21. The third-order valence-electron chi connectivity index (χ3n) is 8.00. The zero-order valence-electron chi connectivity index (χ0n) is 22.3. The van der Waals surface area contributed by atoms with Crippen molar-refractivity contribution in [2.24, 2.45) is 0 Å². The second-order valence-corrected chi connectivity index (χ2v) is 10.7. The van der Waals surface area contributed by atoms with Crippen LogP contribution in [0.15, 0.2) is 66.9 Å². The molecule has 1 aromatic heterocycles. The van der Waals surface area contributed by atoms with E-state index in [0.29, 0.717) is 29.8 Å². The molecule has 0 unspecified atom stereocenters. The van der Waals surface area contributed by atoms with Gasteiger partial charge in [-0.1, -0.05) is 30.3 Å². The predicted octanol–water partition coefficient (Wildman–Crippen LogP) is 3.39. The molecule has 3 atom stereocenters. The number of aromatic nitrogens is 1. The molecule has 0 saturated carbocycles. The van der Waals surface area contributed by atoms with E-state index in [1.807, 2.05) is 12.1 Å². The van der Waals surface area contributed by atoms with Crippen molar-refractivity contribution in [1.82, 2.24) is 15.2 Å². The van der Waals surface area contributed by atoms with Gasteiger partial charge in [-0.3, -0.25) is 19.4 Å². The minimum atomic E-state index is -0.360. The molecular formula is C31H32N4O5. The van der Waals surface area contributed by atoms with Crippen molar-refractivity contribution in [2.45, 2.75) is 56.4 Å². The lowest BCUT2D eigenvalue weighted by Gasteiger charge is -2.42. The van der Waals surface area contributed by atoms with Gasteiger partial charge in [-0.15, -0.1) is 0 Å². The van der Waals surface area contributed by atoms with E-state index in [2.05, 4.69) is 27.8 Å². The van der Waals surface area contributed by atoms with Crippen LogP contribution in [0.25, 0.3) is 0 Å². The average molecular weight is 541 g/mol. The van der Waals surface area contributed by atoms with Crippen molar-refractivity contribution in [2.75, 3.05) is 19.0 Å². The van der Waals surface area contributed by atoms with Gasteiger partial charge >= 0.3 is 0 Å². The molecule has 6 rings (SSSR count). The lowest BCUT2D eigenvalue weighted by molar-refractivity contribution is -0.134. The molecule has 1 fully saturated rings. The Morgan fingerprint density at radius 2 is 1.80 bits per heavy atom. The van der Waals surface area contributed by atoms with Crippen molar-refractivity contribution in [3.8, 4) is 5.75 Å². The highest BCUT2D eigenvalue weighted by molar-refractivity contribution is 6.04. The van der Waals surface area contributed by atoms with Gasteiger partial charge in [-0.2, -0.15) is 0 Å². The van der Waals surface area contributed by atoms with Crippen molar-refractivity contribution < 1.29 is 23.9 Å². The molecule has 40 heavy (non-hydrogen) atoms. The highest BCUT2D eigenvalue weighted by Crippen LogP contribution is 2.33. The minimum Gasteiger partial charge on any atom is -0.490 e. The molecule has 2 aliphatic heterocycles. The standard InChI is InChI=1S/C31H32N4O5/c1-35-26-11-10-23(17-29(36)33-22-14-19-6-2-3-7-20(19)15-22)40-28(26)18-39-27-12-9-21(16-24(27)31(35)38)34-30(37)25-8-4-5-13-32-25/h2-9,12-13,16,22-23,26,28H,10-11,14-15,17-18H2,1H3,(H,33,36)(H,34,37)/t23-,26-,28-/m0/s1. The largest absolute Gasteiger partial charge is 0.490 e. The van der Waals surface area contributed by atoms with Crippen LogP contribution in [0.2, 0.25) is 0 Å². The van der Waals surface area contributed by atoms with Gasteiger partial charge in [0, 0.05) is 25.0 Å². The van der Waals surface area contributed by atoms with E-state index in [1.54, 1.807) is 54.5 Å². The lowest BCUT2D eigenvalue weighted by atomic mass is 9.94. The molecule has 9 nitrogen and oxygen atoms in total. The van der Waals surface area contributed by atoms with Gasteiger partial charge in [0.05, 0.1) is 24.1 Å². The Morgan fingerprint density at radius 3 is 2.55 bits per heavy atom. The van der Waals surface area contributed by atoms with Crippen molar-refractivity contribution in [3.63, 3.8) is 0 Å². The molecule has 3 heterocycles. The minimum absolute atomic E-state index is 0.0110. The summed E-state index contributed by atoms with van der Waals surface area (Å²) in [7, 11) is 1.77. The number of likely N-dealkylation sites (N-methyl/N-ethyl adjacent to an activating group) is 1. The van der Waals surface area contributed by atoms with Gasteiger partial charge in [0.2, 0.25) is 5.91 Å². The van der Waals surface area contributed by atoms with Crippen LogP contribution in [0.3, 0.4) is 0 Å². The maximum atomic E-state index is 13.5. The van der Waals surface area contributed by atoms with Crippen molar-refractivity contribution >= 4 is 23.4 Å². The van der Waals surface area contributed by atoms with E-state index in [4.69, 9.17) is 9.47 Å². The second kappa shape index (κ2) is 11.1. The Kier molecular flexibility index (Phi) is 7.21. The number of ether oxygens (including phenoxy) is 2. The molecule has 206 valence electrons. The maximum absolute atomic E-state index is 13.5. The Balaban J connectivity index is 1.08. The fraction of sp³-hybridized carbons (Fsp3) is 0.355. The Bertz CT molecular complexity index is 1400. The number of pyridine rings is 1. The summed E-state index contributed by atoms with van der Waals surface area (Å²) in [4.78, 5) is 44.7. The number of hydrogen-bond donors (Lipinski definition) is 2. The van der Waals surface area contributed by atoms with Crippen LogP contribution >= 0.6 is 0 Å². The Labute approximate surface area is 232 Å². The summed E-state index contributed by atoms with van der Waals surface area (Å²) in [6, 6.07) is 18.4. The summed E-state index contributed by atoms with van der Waals surface area (Å²) >= 11 is 0. The number of carbonyl (C=O) groups is 3. The van der Waals surface area contributed by atoms with Gasteiger partial charge in [-0.25, -0.2) is 0 Å². The van der Waals surface area contributed by atoms with Crippen molar-refractivity contribution in [3.05, 3.63) is 89.2 Å². The summed E-state index contributed by atoms with van der Waals surface area (Å²) in [5.74, 6) is -0.154. The predicted molar refractivity (Wildman–Crippen MR) is 148 cm³/mol. The van der Waals surface area contributed by atoms with Crippen LogP contribution in [-0.4, -0.2) is 65.6 Å². The number of rotatable bonds is 5. The smallest absolute Gasteiger partial charge is 0.274 e. The Morgan fingerprint density at radius 1 is 1.02 bits per heavy atom. The number of hydrogen-bond acceptors (Lipinski definition) is 6. The summed E-state index contributed by atoms with van der Waals surface area (Å²) in [6.07, 6.45) is 4.33. The first kappa shape index (κ1) is 26.0. The van der Waals surface area contributed by atoms with E-state index in [9.17, 15) is 14.4 Å². The first-order valence-corrected chi connectivity index (χ1v) is 13.7. The molecule has 0 spiro atoms. The maximum Gasteiger partial charge on any atom is 0.274 e. The first-order chi connectivity index (χ1) is 19.4. The number of fused-ring (bicyclic) bond motifs is 3. The summed E-state index contributed by atoms with van der Waals surface area (Å²) in [5, 5.41) is 5.98. The third-order valence-corrected chi connectivity index (χ3v) is 8.00. The van der Waals surface area contributed by atoms with Gasteiger partial charge in [0.25, 0.3) is 11.8 Å². The number of anilines is 1. The number of benzene rings is 2. The third kappa shape index (κ3) is 5.42. The molecular weight excluding hydrogens is 508 g/mol. The summed E-state index contributed by atoms with van der Waals surface area (Å²) < 4.78 is 12.4. The molecule has 3 amide bonds. The average Bonchev–Trinajstić information content (AvgIpc) is 3.38. The second-order valence-electron chi connectivity index (χ2n) is 10.7. The summed E-state index contributed by atoms with van der Waals surface area (Å²) in [5.41, 5.74) is 3.73. The van der Waals surface area contributed by atoms with Crippen LogP contribution in [0.4, 0.5) is 5.69 Å². The molecule has 3 aliphatic rings. The van der Waals surface area contributed by atoms with E-state index in [0.717, 1.165) is 12.8 Å². The molecule has 9 heteroatoms. The fourth-order valence-electron chi connectivity index (χ4n) is 5.95. The van der Waals surface area contributed by atoms with E-state index < -0.39 is 0 Å². The molecule has 2 N–H and O–H groups in total. The van der Waals surface area contributed by atoms with Crippen LogP contribution in [0.5, 0.6) is 5.75 Å². The van der Waals surface area contributed by atoms with Crippen LogP contribution in [0, 0.1) is 0 Å². The fourth-order valence-corrected chi connectivity index (χ4v) is 5.95. The van der Waals surface area contributed by atoms with E-state index in [-0.39, 0.29) is 60.7 Å². The normalized spacial score (nSPS) is 22.2. The van der Waals surface area contributed by atoms with Gasteiger partial charge in [-0.05, 0) is 67.1 Å². The highest BCUT2D eigenvalue weighted by atomic mass is 16.5. The van der Waals surface area contributed by atoms with Gasteiger partial charge in [0.15, 0.2) is 0 Å². The Hall–Kier alpha value is -4.24. The van der Waals surface area contributed by atoms with Gasteiger partial charge in [0.1, 0.15) is 24.2 Å². The van der Waals surface area contributed by atoms with E-state index in [1.165, 1.54) is 11.1 Å². The molecule has 0 radical (unpaired) electrons. The molecule has 2 aromatic carbocycles. The quantitative estimate of drug-likeness (QED) is 0.514. The number of nitrogens with one attached hydrogen (secondary N) is 2. The molecule has 3 aromatic rings. The lowest BCUT2D eigenvalue weighted by Crippen LogP contribution is -2.54. The molecule has 1 aliphatic carbocycles. The number of amides is 3. The summed E-state index contributed by atoms with van der Waals surface area (Å²) in [6.45, 7) is 0.255. The zero-order chi connectivity index (χ0) is 27.6. The molecule has 0 bridgehead atoms. The first-order valence-electron chi connectivity index (χ1n) is 13.7. The van der Waals surface area contributed by atoms with Crippen LogP contribution in [0.1, 0.15) is 51.2 Å². The van der Waals surface area contributed by atoms with E-state index >= 15 is 0 Å². The topological polar surface area (TPSA) is 110 Å². The zero-order valence-corrected chi connectivity index (χ0v) is 22.3. The molecule has 1 saturated heterocycles. The van der Waals surface area contributed by atoms with Gasteiger partial charge < -0.3 is 25.0 Å². The van der Waals surface area contributed by atoms with Crippen molar-refractivity contribution in [1.29, 1.82) is 0 Å². The number of carbonyl (C=O) groups excluding carboxylic acids is 3.